The van der Waals surface area contributed by atoms with Gasteiger partial charge in [-0.2, -0.15) is 12.7 Å². The van der Waals surface area contributed by atoms with Gasteiger partial charge in [0.25, 0.3) is 0 Å². The Morgan fingerprint density at radius 3 is 2.14 bits per heavy atom. The third kappa shape index (κ3) is 7.05. The van der Waals surface area contributed by atoms with Gasteiger partial charge in [-0.3, -0.25) is 9.59 Å². The Morgan fingerprint density at radius 1 is 0.943 bits per heavy atom. The van der Waals surface area contributed by atoms with Crippen molar-refractivity contribution in [3.8, 4) is 0 Å². The molecule has 0 bridgehead atoms. The molecule has 1 N–H and O–H groups in total. The molecule has 1 atom stereocenters. The monoisotopic (exact) mass is 502 g/mol. The molecule has 9 heteroatoms. The Balaban J connectivity index is 2.53. The summed E-state index contributed by atoms with van der Waals surface area (Å²) < 4.78 is 28.8. The quantitative estimate of drug-likeness (QED) is 0.540. The molecule has 0 spiro atoms. The van der Waals surface area contributed by atoms with E-state index >= 15 is 0 Å². The van der Waals surface area contributed by atoms with Crippen molar-refractivity contribution in [3.63, 3.8) is 0 Å². The molecule has 0 aliphatic carbocycles. The number of benzene rings is 2. The number of hydrogen-bond acceptors (Lipinski definition) is 4. The first-order chi connectivity index (χ1) is 16.2. The van der Waals surface area contributed by atoms with Crippen molar-refractivity contribution in [2.45, 2.75) is 60.2 Å². The largest absolute Gasteiger partial charge is 0.352 e. The topological polar surface area (TPSA) is 90.0 Å². The summed E-state index contributed by atoms with van der Waals surface area (Å²) >= 11 is 0. The fourth-order valence-corrected chi connectivity index (χ4v) is 4.76. The number of carbonyl (C=O) groups excluding carboxylic acids is 2. The molecule has 2 amide bonds. The predicted octanol–water partition coefficient (Wildman–Crippen LogP) is 3.17. The minimum absolute atomic E-state index is 0.0964. The Kier molecular flexibility index (Phi) is 9.45. The van der Waals surface area contributed by atoms with E-state index in [1.54, 1.807) is 19.9 Å². The van der Waals surface area contributed by atoms with Gasteiger partial charge in [0.15, 0.2) is 0 Å². The number of rotatable bonds is 10. The van der Waals surface area contributed by atoms with Gasteiger partial charge in [0.05, 0.1) is 5.69 Å². The summed E-state index contributed by atoms with van der Waals surface area (Å²) in [7, 11) is -1.12. The highest BCUT2D eigenvalue weighted by molar-refractivity contribution is 7.90. The smallest absolute Gasteiger partial charge is 0.304 e. The van der Waals surface area contributed by atoms with E-state index in [1.807, 2.05) is 64.1 Å². The molecule has 2 rings (SSSR count). The number of nitrogens with one attached hydrogen (secondary N) is 1. The van der Waals surface area contributed by atoms with Gasteiger partial charge < -0.3 is 10.2 Å². The van der Waals surface area contributed by atoms with Crippen LogP contribution < -0.4 is 9.62 Å². The Bertz CT molecular complexity index is 1160. The Morgan fingerprint density at radius 2 is 1.57 bits per heavy atom. The van der Waals surface area contributed by atoms with E-state index < -0.39 is 28.7 Å². The predicted molar refractivity (Wildman–Crippen MR) is 140 cm³/mol. The van der Waals surface area contributed by atoms with E-state index in [-0.39, 0.29) is 18.5 Å². The molecule has 35 heavy (non-hydrogen) atoms. The fourth-order valence-electron chi connectivity index (χ4n) is 3.65. The third-order valence-electron chi connectivity index (χ3n) is 5.85. The maximum atomic E-state index is 13.8. The van der Waals surface area contributed by atoms with Gasteiger partial charge in [-0.1, -0.05) is 36.4 Å². The molecule has 0 aromatic heterocycles. The normalized spacial score (nSPS) is 12.5. The summed E-state index contributed by atoms with van der Waals surface area (Å²) in [6, 6.07) is 12.2. The lowest BCUT2D eigenvalue weighted by molar-refractivity contribution is -0.139. The molecule has 8 nitrogen and oxygen atoms in total. The highest BCUT2D eigenvalue weighted by Gasteiger charge is 2.33. The van der Waals surface area contributed by atoms with Crippen molar-refractivity contribution in [3.05, 3.63) is 64.7 Å². The highest BCUT2D eigenvalue weighted by atomic mass is 32.2. The van der Waals surface area contributed by atoms with Crippen LogP contribution in [-0.2, 0) is 26.3 Å². The van der Waals surface area contributed by atoms with Crippen LogP contribution in [0.15, 0.2) is 42.5 Å². The molecule has 0 unspecified atom stereocenters. The van der Waals surface area contributed by atoms with Gasteiger partial charge in [0, 0.05) is 26.7 Å². The van der Waals surface area contributed by atoms with E-state index in [1.165, 1.54) is 19.0 Å². The van der Waals surface area contributed by atoms with Crippen molar-refractivity contribution < 1.29 is 18.0 Å². The van der Waals surface area contributed by atoms with E-state index in [4.69, 9.17) is 0 Å². The molecular weight excluding hydrogens is 464 g/mol. The molecule has 0 saturated carbocycles. The summed E-state index contributed by atoms with van der Waals surface area (Å²) in [6.45, 7) is 10.7. The first-order valence-electron chi connectivity index (χ1n) is 11.7. The first-order valence-corrected chi connectivity index (χ1v) is 13.1. The van der Waals surface area contributed by atoms with E-state index in [0.29, 0.717) is 5.69 Å². The zero-order valence-electron chi connectivity index (χ0n) is 22.0. The number of amides is 2. The Hall–Kier alpha value is -2.91. The zero-order valence-corrected chi connectivity index (χ0v) is 22.8. The van der Waals surface area contributed by atoms with Crippen molar-refractivity contribution in [2.75, 3.05) is 24.9 Å². The van der Waals surface area contributed by atoms with Crippen LogP contribution in [0.4, 0.5) is 5.69 Å². The third-order valence-corrected chi connectivity index (χ3v) is 7.66. The second-order valence-corrected chi connectivity index (χ2v) is 11.4. The van der Waals surface area contributed by atoms with Crippen LogP contribution in [0, 0.1) is 20.8 Å². The van der Waals surface area contributed by atoms with Crippen LogP contribution in [0.5, 0.6) is 0 Å². The summed E-state index contributed by atoms with van der Waals surface area (Å²) in [5, 5.41) is 2.86. The molecule has 192 valence electrons. The molecule has 0 aliphatic heterocycles. The van der Waals surface area contributed by atoms with Gasteiger partial charge in [-0.05, 0) is 69.9 Å². The number of anilines is 1. The number of carbonyl (C=O) groups is 2. The molecule has 2 aromatic rings. The van der Waals surface area contributed by atoms with E-state index in [0.717, 1.165) is 30.9 Å². The Labute approximate surface area is 210 Å². The van der Waals surface area contributed by atoms with Crippen molar-refractivity contribution in [1.29, 1.82) is 0 Å². The minimum atomic E-state index is -3.99. The van der Waals surface area contributed by atoms with Crippen LogP contribution in [0.2, 0.25) is 0 Å². The summed E-state index contributed by atoms with van der Waals surface area (Å²) in [4.78, 5) is 28.1. The lowest BCUT2D eigenvalue weighted by Crippen LogP contribution is -2.53. The zero-order chi connectivity index (χ0) is 26.5. The molecule has 0 saturated heterocycles. The van der Waals surface area contributed by atoms with Crippen LogP contribution >= 0.6 is 0 Å². The van der Waals surface area contributed by atoms with Crippen molar-refractivity contribution in [2.24, 2.45) is 0 Å². The fraction of sp³-hybridized carbons (Fsp3) is 0.462. The summed E-state index contributed by atoms with van der Waals surface area (Å²) in [6.07, 6.45) is 0. The second-order valence-electron chi connectivity index (χ2n) is 9.37. The minimum Gasteiger partial charge on any atom is -0.352 e. The molecular formula is C26H38N4O4S. The van der Waals surface area contributed by atoms with Crippen LogP contribution in [-0.4, -0.2) is 62.2 Å². The SMILES string of the molecule is Cc1ccc(C)c(N(CC(=O)N(Cc2ccccc2C)[C@H](C)C(=O)NC(C)C)S(=O)(=O)N(C)C)c1. The summed E-state index contributed by atoms with van der Waals surface area (Å²) in [5.74, 6) is -0.762. The average molecular weight is 503 g/mol. The van der Waals surface area contributed by atoms with E-state index in [2.05, 4.69) is 5.32 Å². The number of aryl methyl sites for hydroxylation is 3. The maximum absolute atomic E-state index is 13.8. The lowest BCUT2D eigenvalue weighted by atomic mass is 10.1. The van der Waals surface area contributed by atoms with Crippen molar-refractivity contribution >= 4 is 27.7 Å². The lowest BCUT2D eigenvalue weighted by Gasteiger charge is -2.34. The van der Waals surface area contributed by atoms with E-state index in [9.17, 15) is 18.0 Å². The molecule has 2 aromatic carbocycles. The highest BCUT2D eigenvalue weighted by Crippen LogP contribution is 2.26. The van der Waals surface area contributed by atoms with Gasteiger partial charge in [0.1, 0.15) is 12.6 Å². The number of hydrogen-bond donors (Lipinski definition) is 1. The van der Waals surface area contributed by atoms with Crippen LogP contribution in [0.1, 0.15) is 43.0 Å². The first kappa shape index (κ1) is 28.3. The maximum Gasteiger partial charge on any atom is 0.304 e. The van der Waals surface area contributed by atoms with Crippen LogP contribution in [0.25, 0.3) is 0 Å². The molecule has 0 fully saturated rings. The second kappa shape index (κ2) is 11.7. The van der Waals surface area contributed by atoms with Crippen LogP contribution in [0.3, 0.4) is 0 Å². The average Bonchev–Trinajstić information content (AvgIpc) is 2.77. The molecule has 0 heterocycles. The van der Waals surface area contributed by atoms with Gasteiger partial charge in [-0.25, -0.2) is 4.31 Å². The summed E-state index contributed by atoms with van der Waals surface area (Å²) in [5.41, 5.74) is 3.90. The van der Waals surface area contributed by atoms with Gasteiger partial charge in [-0.15, -0.1) is 0 Å². The van der Waals surface area contributed by atoms with Crippen molar-refractivity contribution in [1.82, 2.24) is 14.5 Å². The van der Waals surface area contributed by atoms with Gasteiger partial charge >= 0.3 is 10.2 Å². The molecule has 0 aliphatic rings. The number of nitrogens with zero attached hydrogens (tertiary/aromatic N) is 3. The molecule has 0 radical (unpaired) electrons. The standard InChI is InChI=1S/C26H38N4O4S/c1-18(2)27-26(32)22(6)29(16-23-12-10-9-11-20(23)4)25(31)17-30(35(33,34)28(7)8)24-15-19(3)13-14-21(24)5/h9-15,18,22H,16-17H2,1-8H3,(H,27,32)/t22-/m1/s1. The van der Waals surface area contributed by atoms with Gasteiger partial charge in [0.2, 0.25) is 11.8 Å².